The smallest absolute Gasteiger partial charge is 0.234 e. The van der Waals surface area contributed by atoms with Crippen LogP contribution in [0.25, 0.3) is 0 Å². The van der Waals surface area contributed by atoms with E-state index in [0.29, 0.717) is 24.8 Å². The summed E-state index contributed by atoms with van der Waals surface area (Å²) in [6, 6.07) is 0.352. The summed E-state index contributed by atoms with van der Waals surface area (Å²) in [5.41, 5.74) is 0. The highest BCUT2D eigenvalue weighted by Gasteiger charge is 2.42. The zero-order valence-corrected chi connectivity index (χ0v) is 18.2. The lowest BCUT2D eigenvalue weighted by atomic mass is 9.84. The van der Waals surface area contributed by atoms with E-state index < -0.39 is 0 Å². The lowest BCUT2D eigenvalue weighted by Crippen LogP contribution is -2.49. The van der Waals surface area contributed by atoms with Crippen molar-refractivity contribution in [3.63, 3.8) is 0 Å². The van der Waals surface area contributed by atoms with Crippen LogP contribution in [0.2, 0.25) is 0 Å². The van der Waals surface area contributed by atoms with Gasteiger partial charge >= 0.3 is 0 Å². The summed E-state index contributed by atoms with van der Waals surface area (Å²) in [7, 11) is 0. The zero-order chi connectivity index (χ0) is 19.7. The third kappa shape index (κ3) is 5.09. The van der Waals surface area contributed by atoms with Crippen LogP contribution in [0.1, 0.15) is 59.3 Å². The van der Waals surface area contributed by atoms with E-state index >= 15 is 0 Å². The summed E-state index contributed by atoms with van der Waals surface area (Å²) in [6.45, 7) is 12.6. The van der Waals surface area contributed by atoms with Crippen molar-refractivity contribution in [2.24, 2.45) is 23.7 Å². The Hall–Kier alpha value is -0.650. The molecule has 0 spiro atoms. The Morgan fingerprint density at radius 1 is 1.04 bits per heavy atom. The molecular weight excluding hydrogens is 350 g/mol. The lowest BCUT2D eigenvalue weighted by Gasteiger charge is -2.39. The van der Waals surface area contributed by atoms with Gasteiger partial charge in [0.1, 0.15) is 0 Å². The number of morpholine rings is 1. The molecule has 160 valence electrons. The number of rotatable bonds is 6. The predicted molar refractivity (Wildman–Crippen MR) is 112 cm³/mol. The number of piperidine rings is 1. The molecule has 0 aromatic carbocycles. The molecule has 5 nitrogen and oxygen atoms in total. The van der Waals surface area contributed by atoms with Gasteiger partial charge in [0.2, 0.25) is 5.91 Å². The SMILES string of the molecule is C[C@@H]1CN(CC2CCN(CC(=O)N[C@H](C)[C@@H]3C[C@H]4CC[C@H]3C4)CC2)C[C@@H](C)O1. The van der Waals surface area contributed by atoms with Crippen LogP contribution in [0.15, 0.2) is 0 Å². The van der Waals surface area contributed by atoms with E-state index in [0.717, 1.165) is 49.9 Å². The maximum Gasteiger partial charge on any atom is 0.234 e. The number of carbonyl (C=O) groups is 1. The minimum absolute atomic E-state index is 0.240. The van der Waals surface area contributed by atoms with Gasteiger partial charge < -0.3 is 10.1 Å². The summed E-state index contributed by atoms with van der Waals surface area (Å²) in [6.07, 6.45) is 8.72. The molecule has 4 rings (SSSR count). The molecule has 2 saturated carbocycles. The monoisotopic (exact) mass is 391 g/mol. The Bertz CT molecular complexity index is 524. The molecule has 6 atom stereocenters. The summed E-state index contributed by atoms with van der Waals surface area (Å²) >= 11 is 0. The molecule has 2 aliphatic heterocycles. The van der Waals surface area contributed by atoms with Crippen LogP contribution in [0, 0.1) is 23.7 Å². The maximum absolute atomic E-state index is 12.6. The molecule has 0 unspecified atom stereocenters. The molecular formula is C23H41N3O2. The number of nitrogens with one attached hydrogen (secondary N) is 1. The van der Waals surface area contributed by atoms with Gasteiger partial charge in [-0.2, -0.15) is 0 Å². The van der Waals surface area contributed by atoms with Gasteiger partial charge in [0.05, 0.1) is 18.8 Å². The largest absolute Gasteiger partial charge is 0.373 e. The molecule has 2 aliphatic carbocycles. The highest BCUT2D eigenvalue weighted by Crippen LogP contribution is 2.49. The minimum Gasteiger partial charge on any atom is -0.373 e. The standard InChI is InChI=1S/C23H41N3O2/c1-16-12-26(13-17(2)28-16)14-19-6-8-25(9-7-19)15-23(27)24-18(3)22-11-20-4-5-21(22)10-20/h16-22H,4-15H2,1-3H3,(H,24,27)/t16-,17-,18-,20+,21+,22+/m1/s1. The number of fused-ring (bicyclic) bond motifs is 2. The number of carbonyl (C=O) groups excluding carboxylic acids is 1. The summed E-state index contributed by atoms with van der Waals surface area (Å²) in [4.78, 5) is 17.5. The van der Waals surface area contributed by atoms with Crippen molar-refractivity contribution >= 4 is 5.91 Å². The van der Waals surface area contributed by atoms with E-state index in [4.69, 9.17) is 4.74 Å². The first-order valence-corrected chi connectivity index (χ1v) is 11.9. The molecule has 4 fully saturated rings. The molecule has 2 heterocycles. The van der Waals surface area contributed by atoms with Crippen LogP contribution in [0.3, 0.4) is 0 Å². The first kappa shape index (κ1) is 20.6. The highest BCUT2D eigenvalue weighted by atomic mass is 16.5. The van der Waals surface area contributed by atoms with Gasteiger partial charge in [0, 0.05) is 25.7 Å². The second-order valence-electron chi connectivity index (χ2n) is 10.4. The Kier molecular flexibility index (Phi) is 6.63. The van der Waals surface area contributed by atoms with E-state index in [1.54, 1.807) is 0 Å². The summed E-state index contributed by atoms with van der Waals surface area (Å²) in [5, 5.41) is 3.34. The normalized spacial score (nSPS) is 38.6. The van der Waals surface area contributed by atoms with Gasteiger partial charge in [-0.05, 0) is 89.6 Å². The lowest BCUT2D eigenvalue weighted by molar-refractivity contribution is -0.123. The van der Waals surface area contributed by atoms with Gasteiger partial charge in [0.25, 0.3) is 0 Å². The maximum atomic E-state index is 12.6. The van der Waals surface area contributed by atoms with Crippen LogP contribution in [-0.4, -0.2) is 73.2 Å². The molecule has 28 heavy (non-hydrogen) atoms. The highest BCUT2D eigenvalue weighted by molar-refractivity contribution is 5.78. The third-order valence-electron chi connectivity index (χ3n) is 7.91. The van der Waals surface area contributed by atoms with Gasteiger partial charge in [-0.15, -0.1) is 0 Å². The number of nitrogens with zero attached hydrogens (tertiary/aromatic N) is 2. The molecule has 5 heteroatoms. The second kappa shape index (κ2) is 9.01. The Morgan fingerprint density at radius 3 is 2.36 bits per heavy atom. The molecule has 0 aromatic rings. The van der Waals surface area contributed by atoms with E-state index in [1.165, 1.54) is 45.1 Å². The van der Waals surface area contributed by atoms with Crippen LogP contribution in [0.4, 0.5) is 0 Å². The van der Waals surface area contributed by atoms with Crippen LogP contribution >= 0.6 is 0 Å². The van der Waals surface area contributed by atoms with Crippen molar-refractivity contribution in [1.82, 2.24) is 15.1 Å². The third-order valence-corrected chi connectivity index (χ3v) is 7.91. The zero-order valence-electron chi connectivity index (χ0n) is 18.2. The van der Waals surface area contributed by atoms with Crippen molar-refractivity contribution < 1.29 is 9.53 Å². The van der Waals surface area contributed by atoms with E-state index in [1.807, 2.05) is 0 Å². The van der Waals surface area contributed by atoms with Crippen LogP contribution in [-0.2, 0) is 9.53 Å². The first-order valence-electron chi connectivity index (χ1n) is 11.9. The average molecular weight is 392 g/mol. The minimum atomic E-state index is 0.240. The average Bonchev–Trinajstić information content (AvgIpc) is 3.26. The van der Waals surface area contributed by atoms with E-state index in [-0.39, 0.29) is 5.91 Å². The number of amides is 1. The van der Waals surface area contributed by atoms with E-state index in [9.17, 15) is 4.79 Å². The van der Waals surface area contributed by atoms with Gasteiger partial charge in [-0.3, -0.25) is 14.6 Å². The molecule has 0 aromatic heterocycles. The molecule has 0 radical (unpaired) electrons. The van der Waals surface area contributed by atoms with Crippen LogP contribution < -0.4 is 5.32 Å². The van der Waals surface area contributed by atoms with Crippen molar-refractivity contribution in [2.45, 2.75) is 77.5 Å². The van der Waals surface area contributed by atoms with Crippen LogP contribution in [0.5, 0.6) is 0 Å². The number of ether oxygens (including phenoxy) is 1. The summed E-state index contributed by atoms with van der Waals surface area (Å²) < 4.78 is 5.86. The molecule has 1 amide bonds. The van der Waals surface area contributed by atoms with Crippen molar-refractivity contribution in [1.29, 1.82) is 0 Å². The number of hydrogen-bond donors (Lipinski definition) is 1. The van der Waals surface area contributed by atoms with Gasteiger partial charge in [0.15, 0.2) is 0 Å². The fraction of sp³-hybridized carbons (Fsp3) is 0.957. The fourth-order valence-electron chi connectivity index (χ4n) is 6.64. The summed E-state index contributed by atoms with van der Waals surface area (Å²) in [5.74, 6) is 3.56. The number of hydrogen-bond acceptors (Lipinski definition) is 4. The van der Waals surface area contributed by atoms with Crippen molar-refractivity contribution in [3.8, 4) is 0 Å². The first-order chi connectivity index (χ1) is 13.5. The van der Waals surface area contributed by atoms with Crippen molar-refractivity contribution in [3.05, 3.63) is 0 Å². The fourth-order valence-corrected chi connectivity index (χ4v) is 6.64. The second-order valence-corrected chi connectivity index (χ2v) is 10.4. The Morgan fingerprint density at radius 2 is 1.75 bits per heavy atom. The molecule has 2 saturated heterocycles. The Balaban J connectivity index is 1.15. The molecule has 4 aliphatic rings. The van der Waals surface area contributed by atoms with Gasteiger partial charge in [-0.1, -0.05) is 6.42 Å². The molecule has 2 bridgehead atoms. The topological polar surface area (TPSA) is 44.8 Å². The molecule has 1 N–H and O–H groups in total. The van der Waals surface area contributed by atoms with E-state index in [2.05, 4.69) is 35.9 Å². The quantitative estimate of drug-likeness (QED) is 0.756. The van der Waals surface area contributed by atoms with Gasteiger partial charge in [-0.25, -0.2) is 0 Å². The van der Waals surface area contributed by atoms with Crippen molar-refractivity contribution in [2.75, 3.05) is 39.3 Å². The Labute approximate surface area is 171 Å². The predicted octanol–water partition coefficient (Wildman–Crippen LogP) is 2.75. The number of likely N-dealkylation sites (tertiary alicyclic amines) is 1.